The van der Waals surface area contributed by atoms with E-state index in [4.69, 9.17) is 10.7 Å². The van der Waals surface area contributed by atoms with Crippen LogP contribution in [0.4, 0.5) is 0 Å². The average Bonchev–Trinajstić information content (AvgIpc) is 2.24. The van der Waals surface area contributed by atoms with Gasteiger partial charge in [-0.1, -0.05) is 31.2 Å². The summed E-state index contributed by atoms with van der Waals surface area (Å²) in [7, 11) is 1.81. The van der Waals surface area contributed by atoms with E-state index in [1.54, 1.807) is 0 Å². The Bertz CT molecular complexity index is 409. The highest BCUT2D eigenvalue weighted by Gasteiger charge is 2.04. The molecule has 1 aromatic rings. The Kier molecular flexibility index (Phi) is 5.29. The van der Waals surface area contributed by atoms with Crippen molar-refractivity contribution in [3.8, 4) is 0 Å². The van der Waals surface area contributed by atoms with Crippen LogP contribution in [-0.2, 0) is 21.9 Å². The third-order valence-electron chi connectivity index (χ3n) is 2.53. The van der Waals surface area contributed by atoms with Crippen molar-refractivity contribution >= 4 is 19.7 Å². The fourth-order valence-corrected chi connectivity index (χ4v) is 2.42. The summed E-state index contributed by atoms with van der Waals surface area (Å²) in [6, 6.07) is 8.45. The molecule has 0 atom stereocenters. The molecule has 16 heavy (non-hydrogen) atoms. The molecule has 1 rings (SSSR count). The van der Waals surface area contributed by atoms with Gasteiger partial charge in [-0.2, -0.15) is 0 Å². The Labute approximate surface area is 102 Å². The lowest BCUT2D eigenvalue weighted by atomic mass is 10.1. The quantitative estimate of drug-likeness (QED) is 0.582. The van der Waals surface area contributed by atoms with Gasteiger partial charge in [0.2, 0.25) is 9.05 Å². The second-order valence-electron chi connectivity index (χ2n) is 3.87. The van der Waals surface area contributed by atoms with Crippen LogP contribution < -0.4 is 0 Å². The van der Waals surface area contributed by atoms with Crippen molar-refractivity contribution in [1.29, 1.82) is 0 Å². The van der Waals surface area contributed by atoms with Gasteiger partial charge in [-0.3, -0.25) is 0 Å². The minimum Gasteiger partial charge on any atom is -0.212 e. The van der Waals surface area contributed by atoms with Crippen LogP contribution >= 0.6 is 10.7 Å². The van der Waals surface area contributed by atoms with Gasteiger partial charge >= 0.3 is 0 Å². The first-order valence-electron chi connectivity index (χ1n) is 5.51. The van der Waals surface area contributed by atoms with Gasteiger partial charge < -0.3 is 0 Å². The van der Waals surface area contributed by atoms with E-state index < -0.39 is 9.05 Å². The largest absolute Gasteiger partial charge is 0.232 e. The van der Waals surface area contributed by atoms with Crippen LogP contribution in [0, 0.1) is 0 Å². The predicted octanol–water partition coefficient (Wildman–Crippen LogP) is 3.14. The molecule has 0 unspecified atom stereocenters. The van der Waals surface area contributed by atoms with Gasteiger partial charge in [0.05, 0.1) is 5.75 Å². The maximum atomic E-state index is 10.7. The molecule has 0 radical (unpaired) electrons. The highest BCUT2D eigenvalue weighted by atomic mass is 35.7. The number of hydrogen-bond acceptors (Lipinski definition) is 2. The Hall–Kier alpha value is -0.540. The molecule has 0 aromatic heterocycles. The molecule has 0 saturated carbocycles. The number of hydrogen-bond donors (Lipinski definition) is 0. The predicted molar refractivity (Wildman–Crippen MR) is 68.4 cm³/mol. The fraction of sp³-hybridized carbons (Fsp3) is 0.500. The second kappa shape index (κ2) is 6.26. The summed E-state index contributed by atoms with van der Waals surface area (Å²) in [5.74, 6) is 0.0710. The van der Waals surface area contributed by atoms with E-state index in [-0.39, 0.29) is 5.75 Å². The molecule has 1 aromatic carbocycles. The third-order valence-corrected chi connectivity index (χ3v) is 3.77. The standard InChI is InChI=1S/C12H17ClO2S/c1-2-11-6-8-12(9-7-11)5-3-4-10-16(13,14)15/h6-9H,2-5,10H2,1H3. The smallest absolute Gasteiger partial charge is 0.212 e. The molecular formula is C12H17ClO2S. The summed E-state index contributed by atoms with van der Waals surface area (Å²) < 4.78 is 21.4. The number of benzene rings is 1. The highest BCUT2D eigenvalue weighted by Crippen LogP contribution is 2.09. The second-order valence-corrected chi connectivity index (χ2v) is 6.77. The topological polar surface area (TPSA) is 34.1 Å². The van der Waals surface area contributed by atoms with Crippen molar-refractivity contribution in [1.82, 2.24) is 0 Å². The lowest BCUT2D eigenvalue weighted by Gasteiger charge is -2.02. The van der Waals surface area contributed by atoms with Crippen LogP contribution in [0.2, 0.25) is 0 Å². The molecule has 0 heterocycles. The van der Waals surface area contributed by atoms with Crippen LogP contribution in [0.15, 0.2) is 24.3 Å². The first-order valence-corrected chi connectivity index (χ1v) is 7.99. The van der Waals surface area contributed by atoms with Crippen LogP contribution in [0.3, 0.4) is 0 Å². The van der Waals surface area contributed by atoms with Gasteiger partial charge in [-0.15, -0.1) is 0 Å². The molecule has 90 valence electrons. The van der Waals surface area contributed by atoms with Gasteiger partial charge in [-0.25, -0.2) is 8.42 Å². The zero-order valence-corrected chi connectivity index (χ0v) is 11.0. The SMILES string of the molecule is CCc1ccc(CCCCS(=O)(=O)Cl)cc1. The first kappa shape index (κ1) is 13.5. The Morgan fingerprint density at radius 2 is 1.62 bits per heavy atom. The maximum absolute atomic E-state index is 10.7. The fourth-order valence-electron chi connectivity index (χ4n) is 1.55. The van der Waals surface area contributed by atoms with E-state index in [1.165, 1.54) is 11.1 Å². The van der Waals surface area contributed by atoms with Gasteiger partial charge in [0.15, 0.2) is 0 Å². The monoisotopic (exact) mass is 260 g/mol. The van der Waals surface area contributed by atoms with Crippen LogP contribution in [0.1, 0.15) is 30.9 Å². The van der Waals surface area contributed by atoms with Crippen molar-refractivity contribution in [3.05, 3.63) is 35.4 Å². The molecule has 0 bridgehead atoms. The minimum atomic E-state index is -3.32. The minimum absolute atomic E-state index is 0.0710. The van der Waals surface area contributed by atoms with Crippen LogP contribution in [0.25, 0.3) is 0 Å². The molecule has 0 amide bonds. The summed E-state index contributed by atoms with van der Waals surface area (Å²) >= 11 is 0. The van der Waals surface area contributed by atoms with E-state index >= 15 is 0 Å². The summed E-state index contributed by atoms with van der Waals surface area (Å²) in [6.45, 7) is 2.13. The van der Waals surface area contributed by atoms with Crippen molar-refractivity contribution in [3.63, 3.8) is 0 Å². The third kappa shape index (κ3) is 5.52. The van der Waals surface area contributed by atoms with Crippen molar-refractivity contribution in [2.75, 3.05) is 5.75 Å². The van der Waals surface area contributed by atoms with Gasteiger partial charge in [0.25, 0.3) is 0 Å². The van der Waals surface area contributed by atoms with E-state index in [2.05, 4.69) is 31.2 Å². The summed E-state index contributed by atoms with van der Waals surface area (Å²) in [5.41, 5.74) is 2.58. The Morgan fingerprint density at radius 1 is 1.06 bits per heavy atom. The van der Waals surface area contributed by atoms with E-state index in [0.29, 0.717) is 6.42 Å². The highest BCUT2D eigenvalue weighted by molar-refractivity contribution is 8.13. The average molecular weight is 261 g/mol. The van der Waals surface area contributed by atoms with Crippen molar-refractivity contribution in [2.45, 2.75) is 32.6 Å². The molecule has 4 heteroatoms. The Balaban J connectivity index is 2.32. The van der Waals surface area contributed by atoms with Crippen LogP contribution in [-0.4, -0.2) is 14.2 Å². The molecule has 0 saturated heterocycles. The molecule has 0 fully saturated rings. The number of rotatable bonds is 6. The van der Waals surface area contributed by atoms with E-state index in [1.807, 2.05) is 0 Å². The number of halogens is 1. The van der Waals surface area contributed by atoms with E-state index in [0.717, 1.165) is 19.3 Å². The van der Waals surface area contributed by atoms with Gasteiger partial charge in [-0.05, 0) is 36.8 Å². The maximum Gasteiger partial charge on any atom is 0.232 e. The van der Waals surface area contributed by atoms with Crippen molar-refractivity contribution < 1.29 is 8.42 Å². The normalized spacial score (nSPS) is 11.6. The molecule has 0 spiro atoms. The molecule has 0 N–H and O–H groups in total. The molecule has 0 aliphatic carbocycles. The summed E-state index contributed by atoms with van der Waals surface area (Å²) in [4.78, 5) is 0. The number of aryl methyl sites for hydroxylation is 2. The Morgan fingerprint density at radius 3 is 2.12 bits per heavy atom. The van der Waals surface area contributed by atoms with Crippen molar-refractivity contribution in [2.24, 2.45) is 0 Å². The summed E-state index contributed by atoms with van der Waals surface area (Å²) in [6.07, 6.45) is 3.44. The zero-order valence-electron chi connectivity index (χ0n) is 9.45. The lowest BCUT2D eigenvalue weighted by molar-refractivity contribution is 0.605. The van der Waals surface area contributed by atoms with Gasteiger partial charge in [0.1, 0.15) is 0 Å². The molecular weight excluding hydrogens is 244 g/mol. The molecule has 0 aliphatic heterocycles. The van der Waals surface area contributed by atoms with E-state index in [9.17, 15) is 8.42 Å². The van der Waals surface area contributed by atoms with Crippen LogP contribution in [0.5, 0.6) is 0 Å². The molecule has 2 nitrogen and oxygen atoms in total. The van der Waals surface area contributed by atoms with Gasteiger partial charge in [0, 0.05) is 10.7 Å². The number of unbranched alkanes of at least 4 members (excludes halogenated alkanes) is 1. The first-order chi connectivity index (χ1) is 7.51. The zero-order chi connectivity index (χ0) is 12.0. The lowest BCUT2D eigenvalue weighted by Crippen LogP contribution is -1.97. The summed E-state index contributed by atoms with van der Waals surface area (Å²) in [5, 5.41) is 0. The molecule has 0 aliphatic rings.